The lowest BCUT2D eigenvalue weighted by molar-refractivity contribution is -0.115. The van der Waals surface area contributed by atoms with Crippen LogP contribution in [0.3, 0.4) is 0 Å². The van der Waals surface area contributed by atoms with Crippen LogP contribution in [0.2, 0.25) is 0 Å². The molecule has 6 heteroatoms. The highest BCUT2D eigenvalue weighted by Gasteiger charge is 2.12. The molecule has 3 aromatic rings. The molecule has 0 aliphatic heterocycles. The number of hydrogen-bond acceptors (Lipinski definition) is 4. The summed E-state index contributed by atoms with van der Waals surface area (Å²) in [4.78, 5) is 12.1. The van der Waals surface area contributed by atoms with Gasteiger partial charge >= 0.3 is 0 Å². The molecule has 0 radical (unpaired) electrons. The average molecular weight is 346 g/mol. The Morgan fingerprint density at radius 3 is 2.90 bits per heavy atom. The first-order valence-corrected chi connectivity index (χ1v) is 7.11. The Labute approximate surface area is 129 Å². The number of rotatable bonds is 3. The van der Waals surface area contributed by atoms with Crippen LogP contribution >= 0.6 is 15.9 Å². The van der Waals surface area contributed by atoms with Crippen LogP contribution in [0.4, 0.5) is 11.4 Å². The van der Waals surface area contributed by atoms with Gasteiger partial charge in [-0.25, -0.2) is 0 Å². The summed E-state index contributed by atoms with van der Waals surface area (Å²) >= 11 is 3.33. The summed E-state index contributed by atoms with van der Waals surface area (Å²) in [6.07, 6.45) is 0.152. The fourth-order valence-electron chi connectivity index (χ4n) is 2.03. The topological polar surface area (TPSA) is 81.1 Å². The van der Waals surface area contributed by atoms with Gasteiger partial charge in [0.15, 0.2) is 5.58 Å². The Morgan fingerprint density at radius 1 is 1.29 bits per heavy atom. The average Bonchev–Trinajstić information content (AvgIpc) is 2.86. The van der Waals surface area contributed by atoms with E-state index < -0.39 is 0 Å². The smallest absolute Gasteiger partial charge is 0.230 e. The number of para-hydroxylation sites is 1. The van der Waals surface area contributed by atoms with E-state index in [2.05, 4.69) is 26.4 Å². The Kier molecular flexibility index (Phi) is 3.62. The minimum atomic E-state index is -0.161. The highest BCUT2D eigenvalue weighted by Crippen LogP contribution is 2.23. The molecule has 3 N–H and O–H groups in total. The maximum atomic E-state index is 12.1. The van der Waals surface area contributed by atoms with Gasteiger partial charge in [-0.1, -0.05) is 17.3 Å². The third-order valence-corrected chi connectivity index (χ3v) is 3.75. The first-order valence-electron chi connectivity index (χ1n) is 6.31. The molecule has 0 saturated heterocycles. The number of carbonyl (C=O) groups is 1. The van der Waals surface area contributed by atoms with Crippen LogP contribution in [-0.4, -0.2) is 11.1 Å². The molecule has 0 unspecified atom stereocenters. The summed E-state index contributed by atoms with van der Waals surface area (Å²) in [7, 11) is 0. The van der Waals surface area contributed by atoms with Gasteiger partial charge in [0.05, 0.1) is 6.42 Å². The quantitative estimate of drug-likeness (QED) is 0.713. The molecule has 106 valence electrons. The summed E-state index contributed by atoms with van der Waals surface area (Å²) in [5.74, 6) is -0.161. The second kappa shape index (κ2) is 5.57. The van der Waals surface area contributed by atoms with Crippen molar-refractivity contribution in [2.24, 2.45) is 0 Å². The second-order valence-electron chi connectivity index (χ2n) is 4.59. The fraction of sp³-hybridized carbons (Fsp3) is 0.0667. The largest absolute Gasteiger partial charge is 0.398 e. The zero-order valence-electron chi connectivity index (χ0n) is 11.0. The van der Waals surface area contributed by atoms with E-state index in [1.807, 2.05) is 24.3 Å². The van der Waals surface area contributed by atoms with Crippen molar-refractivity contribution in [3.8, 4) is 0 Å². The standard InChI is InChI=1S/C15H12BrN3O2/c16-11-7-9(5-6-12(11)17)18-15(20)8-13-10-3-1-2-4-14(10)21-19-13/h1-7H,8,17H2,(H,18,20). The number of nitrogens with two attached hydrogens (primary N) is 1. The van der Waals surface area contributed by atoms with Crippen LogP contribution in [0.25, 0.3) is 11.0 Å². The number of amides is 1. The highest BCUT2D eigenvalue weighted by atomic mass is 79.9. The Morgan fingerprint density at radius 2 is 2.10 bits per heavy atom. The van der Waals surface area contributed by atoms with Crippen molar-refractivity contribution in [1.82, 2.24) is 5.16 Å². The van der Waals surface area contributed by atoms with Crippen molar-refractivity contribution in [2.75, 3.05) is 11.1 Å². The normalized spacial score (nSPS) is 10.7. The third kappa shape index (κ3) is 2.90. The summed E-state index contributed by atoms with van der Waals surface area (Å²) in [5, 5.41) is 7.60. The molecule has 1 amide bonds. The molecule has 0 fully saturated rings. The van der Waals surface area contributed by atoms with Crippen LogP contribution < -0.4 is 11.1 Å². The van der Waals surface area contributed by atoms with Gasteiger partial charge in [-0.3, -0.25) is 4.79 Å². The van der Waals surface area contributed by atoms with E-state index in [-0.39, 0.29) is 12.3 Å². The van der Waals surface area contributed by atoms with Crippen molar-refractivity contribution in [3.63, 3.8) is 0 Å². The van der Waals surface area contributed by atoms with Crippen LogP contribution in [0, 0.1) is 0 Å². The van der Waals surface area contributed by atoms with Gasteiger partial charge in [-0.2, -0.15) is 0 Å². The van der Waals surface area contributed by atoms with E-state index in [0.717, 1.165) is 9.86 Å². The van der Waals surface area contributed by atoms with Crippen LogP contribution in [-0.2, 0) is 11.2 Å². The van der Waals surface area contributed by atoms with Crippen LogP contribution in [0.1, 0.15) is 5.69 Å². The molecule has 5 nitrogen and oxygen atoms in total. The maximum absolute atomic E-state index is 12.1. The zero-order chi connectivity index (χ0) is 14.8. The molecule has 0 aliphatic carbocycles. The summed E-state index contributed by atoms with van der Waals surface area (Å²) < 4.78 is 5.92. The molecule has 3 rings (SSSR count). The molecule has 0 bridgehead atoms. The van der Waals surface area contributed by atoms with Crippen molar-refractivity contribution < 1.29 is 9.32 Å². The van der Waals surface area contributed by atoms with E-state index in [0.29, 0.717) is 22.7 Å². The van der Waals surface area contributed by atoms with E-state index in [1.54, 1.807) is 18.2 Å². The van der Waals surface area contributed by atoms with Crippen molar-refractivity contribution >= 4 is 44.2 Å². The predicted molar refractivity (Wildman–Crippen MR) is 84.9 cm³/mol. The first-order chi connectivity index (χ1) is 10.1. The van der Waals surface area contributed by atoms with Gasteiger partial charge in [0.1, 0.15) is 5.69 Å². The predicted octanol–water partition coefficient (Wildman–Crippen LogP) is 3.35. The number of fused-ring (bicyclic) bond motifs is 1. The fourth-order valence-corrected chi connectivity index (χ4v) is 2.41. The number of halogens is 1. The van der Waals surface area contributed by atoms with E-state index in [4.69, 9.17) is 10.3 Å². The molecule has 0 atom stereocenters. The van der Waals surface area contributed by atoms with Gasteiger partial charge in [0.2, 0.25) is 5.91 Å². The highest BCUT2D eigenvalue weighted by molar-refractivity contribution is 9.10. The maximum Gasteiger partial charge on any atom is 0.230 e. The molecule has 21 heavy (non-hydrogen) atoms. The van der Waals surface area contributed by atoms with E-state index >= 15 is 0 Å². The monoisotopic (exact) mass is 345 g/mol. The molecule has 0 aliphatic rings. The second-order valence-corrected chi connectivity index (χ2v) is 5.44. The molecule has 1 aromatic heterocycles. The minimum Gasteiger partial charge on any atom is -0.398 e. The van der Waals surface area contributed by atoms with Crippen molar-refractivity contribution in [1.29, 1.82) is 0 Å². The molecule has 2 aromatic carbocycles. The molecule has 0 saturated carbocycles. The number of anilines is 2. The van der Waals surface area contributed by atoms with Crippen molar-refractivity contribution in [2.45, 2.75) is 6.42 Å². The molecular weight excluding hydrogens is 334 g/mol. The number of hydrogen-bond donors (Lipinski definition) is 2. The molecular formula is C15H12BrN3O2. The van der Waals surface area contributed by atoms with Gasteiger partial charge in [-0.15, -0.1) is 0 Å². The first kappa shape index (κ1) is 13.6. The van der Waals surface area contributed by atoms with Crippen LogP contribution in [0.5, 0.6) is 0 Å². The lowest BCUT2D eigenvalue weighted by atomic mass is 10.1. The number of aromatic nitrogens is 1. The summed E-state index contributed by atoms with van der Waals surface area (Å²) in [5.41, 5.74) is 8.30. The Bertz CT molecular complexity index is 814. The number of benzene rings is 2. The van der Waals surface area contributed by atoms with Gasteiger partial charge in [-0.05, 0) is 46.3 Å². The van der Waals surface area contributed by atoms with E-state index in [1.165, 1.54) is 0 Å². The number of nitrogen functional groups attached to an aromatic ring is 1. The van der Waals surface area contributed by atoms with Gasteiger partial charge in [0.25, 0.3) is 0 Å². The Balaban J connectivity index is 1.75. The van der Waals surface area contributed by atoms with Crippen LogP contribution in [0.15, 0.2) is 51.5 Å². The lowest BCUT2D eigenvalue weighted by Gasteiger charge is -2.06. The van der Waals surface area contributed by atoms with E-state index in [9.17, 15) is 4.79 Å². The summed E-state index contributed by atoms with van der Waals surface area (Å²) in [6, 6.07) is 12.7. The third-order valence-electron chi connectivity index (χ3n) is 3.06. The van der Waals surface area contributed by atoms with Crippen molar-refractivity contribution in [3.05, 3.63) is 52.6 Å². The molecule has 0 spiro atoms. The minimum absolute atomic E-state index is 0.152. The van der Waals surface area contributed by atoms with Gasteiger partial charge in [0, 0.05) is 21.2 Å². The SMILES string of the molecule is Nc1ccc(NC(=O)Cc2noc3ccccc23)cc1Br. The molecule has 1 heterocycles. The Hall–Kier alpha value is -2.34. The summed E-state index contributed by atoms with van der Waals surface area (Å²) in [6.45, 7) is 0. The zero-order valence-corrected chi connectivity index (χ0v) is 12.6. The van der Waals surface area contributed by atoms with Gasteiger partial charge < -0.3 is 15.6 Å². The number of nitrogens with zero attached hydrogens (tertiary/aromatic N) is 1. The number of nitrogens with one attached hydrogen (secondary N) is 1. The number of carbonyl (C=O) groups excluding carboxylic acids is 1. The lowest BCUT2D eigenvalue weighted by Crippen LogP contribution is -2.14.